The van der Waals surface area contributed by atoms with Crippen LogP contribution < -0.4 is 10.6 Å². The van der Waals surface area contributed by atoms with Crippen LogP contribution >= 0.6 is 0 Å². The third-order valence-electron chi connectivity index (χ3n) is 4.67. The van der Waals surface area contributed by atoms with Gasteiger partial charge in [-0.15, -0.1) is 0 Å². The predicted molar refractivity (Wildman–Crippen MR) is 78.6 cm³/mol. The summed E-state index contributed by atoms with van der Waals surface area (Å²) in [5, 5.41) is 16.0. The van der Waals surface area contributed by atoms with Gasteiger partial charge in [0.1, 0.15) is 6.17 Å². The van der Waals surface area contributed by atoms with Crippen LogP contribution in [0.5, 0.6) is 0 Å². The van der Waals surface area contributed by atoms with Crippen molar-refractivity contribution in [3.63, 3.8) is 0 Å². The molecule has 0 aromatic carbocycles. The molecule has 114 valence electrons. The SMILES string of the molecule is C=N[C@@H]1CC[C@H](NC)N1C(=O)CNC1(CO)CCCC1. The lowest BCUT2D eigenvalue weighted by Crippen LogP contribution is -2.54. The summed E-state index contributed by atoms with van der Waals surface area (Å²) >= 11 is 0. The second-order valence-electron chi connectivity index (χ2n) is 5.85. The lowest BCUT2D eigenvalue weighted by molar-refractivity contribution is -0.134. The van der Waals surface area contributed by atoms with Gasteiger partial charge in [0, 0.05) is 5.54 Å². The Bertz CT molecular complexity index is 355. The zero-order valence-electron chi connectivity index (χ0n) is 12.3. The normalized spacial score (nSPS) is 28.8. The summed E-state index contributed by atoms with van der Waals surface area (Å²) in [4.78, 5) is 18.3. The molecule has 6 nitrogen and oxygen atoms in total. The molecule has 2 aliphatic rings. The average Bonchev–Trinajstić information content (AvgIpc) is 3.11. The van der Waals surface area contributed by atoms with E-state index in [0.717, 1.165) is 38.5 Å². The molecule has 0 bridgehead atoms. The van der Waals surface area contributed by atoms with Crippen LogP contribution in [0, 0.1) is 0 Å². The van der Waals surface area contributed by atoms with Gasteiger partial charge >= 0.3 is 0 Å². The molecule has 0 radical (unpaired) electrons. The molecule has 2 fully saturated rings. The molecule has 1 aliphatic carbocycles. The number of hydrogen-bond donors (Lipinski definition) is 3. The van der Waals surface area contributed by atoms with Crippen LogP contribution in [0.4, 0.5) is 0 Å². The fraction of sp³-hybridized carbons (Fsp3) is 0.857. The first-order valence-corrected chi connectivity index (χ1v) is 7.46. The number of aliphatic hydroxyl groups excluding tert-OH is 1. The van der Waals surface area contributed by atoms with E-state index in [1.54, 1.807) is 4.90 Å². The summed E-state index contributed by atoms with van der Waals surface area (Å²) < 4.78 is 0. The van der Waals surface area contributed by atoms with Gasteiger partial charge < -0.3 is 20.6 Å². The van der Waals surface area contributed by atoms with E-state index in [0.29, 0.717) is 0 Å². The van der Waals surface area contributed by atoms with E-state index < -0.39 is 0 Å². The van der Waals surface area contributed by atoms with Crippen molar-refractivity contribution in [1.29, 1.82) is 0 Å². The number of nitrogens with zero attached hydrogens (tertiary/aromatic N) is 2. The van der Waals surface area contributed by atoms with Crippen LogP contribution in [0.25, 0.3) is 0 Å². The third kappa shape index (κ3) is 3.02. The molecule has 6 heteroatoms. The number of amides is 1. The summed E-state index contributed by atoms with van der Waals surface area (Å²) in [5.41, 5.74) is -0.262. The minimum absolute atomic E-state index is 0.0268. The van der Waals surface area contributed by atoms with Crippen LogP contribution in [0.3, 0.4) is 0 Å². The van der Waals surface area contributed by atoms with Crippen LogP contribution in [0.2, 0.25) is 0 Å². The third-order valence-corrected chi connectivity index (χ3v) is 4.67. The summed E-state index contributed by atoms with van der Waals surface area (Å²) in [6.45, 7) is 3.93. The van der Waals surface area contributed by atoms with E-state index in [9.17, 15) is 9.90 Å². The molecule has 1 saturated carbocycles. The van der Waals surface area contributed by atoms with E-state index in [4.69, 9.17) is 0 Å². The van der Waals surface area contributed by atoms with E-state index in [1.165, 1.54) is 0 Å². The van der Waals surface area contributed by atoms with Gasteiger partial charge in [-0.2, -0.15) is 0 Å². The topological polar surface area (TPSA) is 77.0 Å². The Balaban J connectivity index is 1.94. The summed E-state index contributed by atoms with van der Waals surface area (Å²) in [6.07, 6.45) is 5.76. The number of hydrogen-bond acceptors (Lipinski definition) is 5. The van der Waals surface area contributed by atoms with Gasteiger partial charge in [-0.05, 0) is 39.4 Å². The van der Waals surface area contributed by atoms with Gasteiger partial charge in [0.2, 0.25) is 5.91 Å². The highest BCUT2D eigenvalue weighted by atomic mass is 16.3. The van der Waals surface area contributed by atoms with Crippen molar-refractivity contribution in [3.05, 3.63) is 0 Å². The van der Waals surface area contributed by atoms with Crippen molar-refractivity contribution in [2.24, 2.45) is 4.99 Å². The van der Waals surface area contributed by atoms with Crippen molar-refractivity contribution in [1.82, 2.24) is 15.5 Å². The number of nitrogens with one attached hydrogen (secondary N) is 2. The van der Waals surface area contributed by atoms with Crippen molar-refractivity contribution in [3.8, 4) is 0 Å². The Morgan fingerprint density at radius 2 is 2.15 bits per heavy atom. The molecule has 1 aliphatic heterocycles. The molecule has 0 unspecified atom stereocenters. The van der Waals surface area contributed by atoms with Crippen molar-refractivity contribution >= 4 is 12.6 Å². The molecule has 2 rings (SSSR count). The first-order valence-electron chi connectivity index (χ1n) is 7.46. The summed E-state index contributed by atoms with van der Waals surface area (Å²) in [7, 11) is 1.86. The van der Waals surface area contributed by atoms with Gasteiger partial charge in [-0.3, -0.25) is 9.79 Å². The number of carbonyl (C=O) groups excluding carboxylic acids is 1. The van der Waals surface area contributed by atoms with Crippen LogP contribution in [0.1, 0.15) is 38.5 Å². The average molecular weight is 282 g/mol. The zero-order chi connectivity index (χ0) is 14.6. The van der Waals surface area contributed by atoms with Gasteiger partial charge in [0.25, 0.3) is 0 Å². The molecular formula is C14H26N4O2. The molecule has 3 N–H and O–H groups in total. The van der Waals surface area contributed by atoms with Gasteiger partial charge in [0.15, 0.2) is 0 Å². The van der Waals surface area contributed by atoms with E-state index >= 15 is 0 Å². The lowest BCUT2D eigenvalue weighted by atomic mass is 9.99. The molecule has 20 heavy (non-hydrogen) atoms. The van der Waals surface area contributed by atoms with Crippen LogP contribution in [0.15, 0.2) is 4.99 Å². The van der Waals surface area contributed by atoms with E-state index in [2.05, 4.69) is 22.3 Å². The maximum atomic E-state index is 12.5. The van der Waals surface area contributed by atoms with E-state index in [1.807, 2.05) is 7.05 Å². The Hall–Kier alpha value is -0.980. The summed E-state index contributed by atoms with van der Waals surface area (Å²) in [6, 6.07) is 0. The lowest BCUT2D eigenvalue weighted by Gasteiger charge is -2.32. The Labute approximate surface area is 120 Å². The first kappa shape index (κ1) is 15.4. The van der Waals surface area contributed by atoms with Gasteiger partial charge in [-0.25, -0.2) is 0 Å². The number of rotatable bonds is 6. The van der Waals surface area contributed by atoms with Gasteiger partial charge in [-0.1, -0.05) is 12.8 Å². The number of likely N-dealkylation sites (tertiary alicyclic amines) is 1. The molecule has 1 amide bonds. The number of aliphatic hydroxyl groups is 1. The number of carbonyl (C=O) groups is 1. The maximum Gasteiger partial charge on any atom is 0.239 e. The van der Waals surface area contributed by atoms with Crippen LogP contribution in [-0.4, -0.2) is 60.7 Å². The largest absolute Gasteiger partial charge is 0.394 e. The molecule has 0 aromatic rings. The minimum Gasteiger partial charge on any atom is -0.394 e. The molecule has 2 atom stereocenters. The second kappa shape index (κ2) is 6.65. The molecular weight excluding hydrogens is 256 g/mol. The highest BCUT2D eigenvalue weighted by molar-refractivity contribution is 5.79. The molecule has 1 saturated heterocycles. The zero-order valence-corrected chi connectivity index (χ0v) is 12.3. The van der Waals surface area contributed by atoms with Crippen molar-refractivity contribution in [2.45, 2.75) is 56.4 Å². The first-order chi connectivity index (χ1) is 9.65. The van der Waals surface area contributed by atoms with E-state index in [-0.39, 0.29) is 36.9 Å². The van der Waals surface area contributed by atoms with Crippen LogP contribution in [-0.2, 0) is 4.79 Å². The molecule has 1 heterocycles. The highest BCUT2D eigenvalue weighted by Gasteiger charge is 2.37. The number of aliphatic imine (C=N–C) groups is 1. The fourth-order valence-corrected chi connectivity index (χ4v) is 3.39. The maximum absolute atomic E-state index is 12.5. The minimum atomic E-state index is -0.262. The predicted octanol–water partition coefficient (Wildman–Crippen LogP) is 0.0757. The smallest absolute Gasteiger partial charge is 0.239 e. The van der Waals surface area contributed by atoms with Crippen molar-refractivity contribution in [2.75, 3.05) is 20.2 Å². The molecule has 0 spiro atoms. The van der Waals surface area contributed by atoms with Gasteiger partial charge in [0.05, 0.1) is 19.3 Å². The molecule has 0 aromatic heterocycles. The Kier molecular flexibility index (Phi) is 5.12. The Morgan fingerprint density at radius 1 is 1.45 bits per heavy atom. The fourth-order valence-electron chi connectivity index (χ4n) is 3.39. The van der Waals surface area contributed by atoms with Crippen molar-refractivity contribution < 1.29 is 9.90 Å². The second-order valence-corrected chi connectivity index (χ2v) is 5.85. The standard InChI is InChI=1S/C14H26N4O2/c1-15-11-5-6-12(16-2)18(11)13(20)9-17-14(10-19)7-3-4-8-14/h11-12,16-17,19H,1,3-10H2,2H3/t11-,12+/m0/s1. The Morgan fingerprint density at radius 3 is 2.70 bits per heavy atom. The summed E-state index contributed by atoms with van der Waals surface area (Å²) in [5.74, 6) is 0.0268. The highest BCUT2D eigenvalue weighted by Crippen LogP contribution is 2.29. The monoisotopic (exact) mass is 282 g/mol. The quantitative estimate of drug-likeness (QED) is 0.603.